The van der Waals surface area contributed by atoms with E-state index >= 15 is 0 Å². The van der Waals surface area contributed by atoms with E-state index < -0.39 is 11.7 Å². The quantitative estimate of drug-likeness (QED) is 0.629. The van der Waals surface area contributed by atoms with Crippen LogP contribution in [0.25, 0.3) is 0 Å². The maximum Gasteiger partial charge on any atom is 0.407 e. The van der Waals surface area contributed by atoms with Crippen LogP contribution < -0.4 is 5.32 Å². The van der Waals surface area contributed by atoms with Gasteiger partial charge in [0.1, 0.15) is 5.60 Å². The third-order valence-corrected chi connectivity index (χ3v) is 5.35. The fourth-order valence-corrected chi connectivity index (χ4v) is 4.20. The van der Waals surface area contributed by atoms with Crippen LogP contribution in [0.2, 0.25) is 0 Å². The van der Waals surface area contributed by atoms with Gasteiger partial charge in [-0.1, -0.05) is 32.8 Å². The molecule has 0 saturated heterocycles. The number of amides is 1. The summed E-state index contributed by atoms with van der Waals surface area (Å²) in [5.41, 5.74) is -0.611. The first-order valence-electron chi connectivity index (χ1n) is 9.79. The third-order valence-electron chi connectivity index (χ3n) is 5.35. The van der Waals surface area contributed by atoms with Crippen molar-refractivity contribution in [2.45, 2.75) is 97.8 Å². The average molecular weight is 354 g/mol. The van der Waals surface area contributed by atoms with Crippen molar-refractivity contribution in [1.29, 1.82) is 0 Å². The number of alkyl carbamates (subject to hydrolysis) is 1. The Morgan fingerprint density at radius 2 is 1.96 bits per heavy atom. The van der Waals surface area contributed by atoms with Gasteiger partial charge < -0.3 is 15.2 Å². The second kappa shape index (κ2) is 9.07. The highest BCUT2D eigenvalue weighted by Crippen LogP contribution is 2.46. The molecule has 2 N–H and O–H groups in total. The Kier molecular flexibility index (Phi) is 7.98. The van der Waals surface area contributed by atoms with Crippen LogP contribution in [0.5, 0.6) is 0 Å². The van der Waals surface area contributed by atoms with Crippen LogP contribution in [0.1, 0.15) is 80.1 Å². The zero-order chi connectivity index (χ0) is 19.3. The third kappa shape index (κ3) is 7.01. The minimum atomic E-state index is -0.507. The van der Waals surface area contributed by atoms with Gasteiger partial charge in [-0.05, 0) is 70.6 Å². The highest BCUT2D eigenvalue weighted by atomic mass is 16.6. The van der Waals surface area contributed by atoms with Crippen LogP contribution in [0.3, 0.4) is 0 Å². The second-order valence-corrected chi connectivity index (χ2v) is 9.21. The van der Waals surface area contributed by atoms with Crippen molar-refractivity contribution in [1.82, 2.24) is 5.32 Å². The van der Waals surface area contributed by atoms with E-state index in [-0.39, 0.29) is 17.6 Å². The van der Waals surface area contributed by atoms with Crippen molar-refractivity contribution < 1.29 is 14.6 Å². The molecule has 1 amide bonds. The molecule has 1 rings (SSSR count). The lowest BCUT2D eigenvalue weighted by Gasteiger charge is -2.47. The minimum Gasteiger partial charge on any atom is -0.444 e. The largest absolute Gasteiger partial charge is 0.444 e. The Labute approximate surface area is 154 Å². The summed E-state index contributed by atoms with van der Waals surface area (Å²) in [6.07, 6.45) is 7.14. The minimum absolute atomic E-state index is 0.0342. The standard InChI is InChI=1S/C21H39NO3/c1-8-17(15(2)3)14-21(13-16(4)23)12-10-9-11-18(21)22-19(24)25-20(5,6)7/h8,15-18,23H,1,9-14H2,2-7H3,(H,22,24)/t16-,17+,18?,21+/m0/s1. The molecule has 0 aromatic rings. The summed E-state index contributed by atoms with van der Waals surface area (Å²) in [6, 6.07) is 0.0342. The van der Waals surface area contributed by atoms with Gasteiger partial charge in [0.25, 0.3) is 0 Å². The lowest BCUT2D eigenvalue weighted by Crippen LogP contribution is -2.52. The molecule has 0 aromatic heterocycles. The molecular formula is C21H39NO3. The predicted octanol–water partition coefficient (Wildman–Crippen LogP) is 5.06. The summed E-state index contributed by atoms with van der Waals surface area (Å²) >= 11 is 0. The van der Waals surface area contributed by atoms with Crippen molar-refractivity contribution in [3.8, 4) is 0 Å². The molecule has 1 fully saturated rings. The number of rotatable bonds is 7. The smallest absolute Gasteiger partial charge is 0.407 e. The number of aliphatic hydroxyl groups is 1. The number of nitrogens with one attached hydrogen (secondary N) is 1. The molecule has 0 radical (unpaired) electrons. The highest BCUT2D eigenvalue weighted by molar-refractivity contribution is 5.68. The SMILES string of the molecule is C=C[C@H](C[C@]1(C[C@H](C)O)CCCCC1NC(=O)OC(C)(C)C)C(C)C. The van der Waals surface area contributed by atoms with E-state index in [9.17, 15) is 9.90 Å². The van der Waals surface area contributed by atoms with Gasteiger partial charge in [-0.2, -0.15) is 0 Å². The van der Waals surface area contributed by atoms with E-state index in [2.05, 4.69) is 25.7 Å². The van der Waals surface area contributed by atoms with E-state index in [1.807, 2.05) is 33.8 Å². The van der Waals surface area contributed by atoms with Gasteiger partial charge in [0.05, 0.1) is 6.10 Å². The van der Waals surface area contributed by atoms with E-state index in [1.165, 1.54) is 0 Å². The zero-order valence-electron chi connectivity index (χ0n) is 17.1. The predicted molar refractivity (Wildman–Crippen MR) is 103 cm³/mol. The monoisotopic (exact) mass is 353 g/mol. The highest BCUT2D eigenvalue weighted by Gasteiger charge is 2.44. The summed E-state index contributed by atoms with van der Waals surface area (Å²) in [6.45, 7) is 15.9. The van der Waals surface area contributed by atoms with Crippen LogP contribution in [0.15, 0.2) is 12.7 Å². The lowest BCUT2D eigenvalue weighted by molar-refractivity contribution is 0.0123. The van der Waals surface area contributed by atoms with E-state index in [0.717, 1.165) is 32.1 Å². The Morgan fingerprint density at radius 1 is 1.32 bits per heavy atom. The van der Waals surface area contributed by atoms with Crippen LogP contribution in [-0.2, 0) is 4.74 Å². The van der Waals surface area contributed by atoms with Gasteiger partial charge in [-0.15, -0.1) is 6.58 Å². The Bertz CT molecular complexity index is 439. The molecule has 146 valence electrons. The molecule has 1 unspecified atom stereocenters. The molecule has 0 aromatic carbocycles. The molecule has 25 heavy (non-hydrogen) atoms. The van der Waals surface area contributed by atoms with Crippen molar-refractivity contribution in [3.63, 3.8) is 0 Å². The number of ether oxygens (including phenoxy) is 1. The molecule has 4 heteroatoms. The number of carbonyl (C=O) groups is 1. The molecule has 0 spiro atoms. The summed E-state index contributed by atoms with van der Waals surface area (Å²) in [4.78, 5) is 12.4. The van der Waals surface area contributed by atoms with Gasteiger partial charge >= 0.3 is 6.09 Å². The van der Waals surface area contributed by atoms with Crippen molar-refractivity contribution in [3.05, 3.63) is 12.7 Å². The van der Waals surface area contributed by atoms with Crippen LogP contribution >= 0.6 is 0 Å². The van der Waals surface area contributed by atoms with Crippen LogP contribution in [-0.4, -0.2) is 28.9 Å². The van der Waals surface area contributed by atoms with Gasteiger partial charge in [-0.3, -0.25) is 0 Å². The van der Waals surface area contributed by atoms with E-state index in [1.54, 1.807) is 0 Å². The lowest BCUT2D eigenvalue weighted by atomic mass is 9.62. The maximum atomic E-state index is 12.4. The fourth-order valence-electron chi connectivity index (χ4n) is 4.20. The molecule has 0 heterocycles. The maximum absolute atomic E-state index is 12.4. The van der Waals surface area contributed by atoms with Gasteiger partial charge in [0.15, 0.2) is 0 Å². The fraction of sp³-hybridized carbons (Fsp3) is 0.857. The molecule has 4 atom stereocenters. The zero-order valence-corrected chi connectivity index (χ0v) is 17.1. The number of allylic oxidation sites excluding steroid dienone is 1. The number of aliphatic hydroxyl groups excluding tert-OH is 1. The first-order chi connectivity index (χ1) is 11.5. The summed E-state index contributed by atoms with van der Waals surface area (Å²) in [5, 5.41) is 13.3. The number of hydrogen-bond acceptors (Lipinski definition) is 3. The van der Waals surface area contributed by atoms with Gasteiger partial charge in [0, 0.05) is 6.04 Å². The molecular weight excluding hydrogens is 314 g/mol. The normalized spacial score (nSPS) is 26.8. The first-order valence-corrected chi connectivity index (χ1v) is 9.79. The summed E-state index contributed by atoms with van der Waals surface area (Å²) < 4.78 is 5.48. The van der Waals surface area contributed by atoms with Crippen LogP contribution in [0, 0.1) is 17.3 Å². The van der Waals surface area contributed by atoms with Crippen molar-refractivity contribution in [2.75, 3.05) is 0 Å². The molecule has 0 bridgehead atoms. The van der Waals surface area contributed by atoms with Crippen molar-refractivity contribution in [2.24, 2.45) is 17.3 Å². The second-order valence-electron chi connectivity index (χ2n) is 9.21. The van der Waals surface area contributed by atoms with E-state index in [0.29, 0.717) is 18.3 Å². The Morgan fingerprint density at radius 3 is 2.44 bits per heavy atom. The molecule has 1 aliphatic rings. The van der Waals surface area contributed by atoms with Gasteiger partial charge in [-0.25, -0.2) is 4.79 Å². The average Bonchev–Trinajstić information content (AvgIpc) is 2.44. The topological polar surface area (TPSA) is 58.6 Å². The summed E-state index contributed by atoms with van der Waals surface area (Å²) in [7, 11) is 0. The Balaban J connectivity index is 3.02. The van der Waals surface area contributed by atoms with E-state index in [4.69, 9.17) is 4.74 Å². The number of carbonyl (C=O) groups excluding carboxylic acids is 1. The molecule has 1 saturated carbocycles. The molecule has 0 aliphatic heterocycles. The first kappa shape index (κ1) is 22.0. The molecule has 4 nitrogen and oxygen atoms in total. The molecule has 1 aliphatic carbocycles. The van der Waals surface area contributed by atoms with Gasteiger partial charge in [0.2, 0.25) is 0 Å². The van der Waals surface area contributed by atoms with Crippen LogP contribution in [0.4, 0.5) is 4.79 Å². The Hall–Kier alpha value is -1.03. The summed E-state index contributed by atoms with van der Waals surface area (Å²) in [5.74, 6) is 0.868. The number of hydrogen-bond donors (Lipinski definition) is 2. The van der Waals surface area contributed by atoms with Crippen molar-refractivity contribution >= 4 is 6.09 Å².